The summed E-state index contributed by atoms with van der Waals surface area (Å²) in [5.41, 5.74) is 3.26. The molecular weight excluding hydrogens is 454 g/mol. The Bertz CT molecular complexity index is 1410. The number of carbonyl (C=O) groups is 3. The van der Waals surface area contributed by atoms with Crippen LogP contribution in [0.15, 0.2) is 85.2 Å². The molecule has 2 heterocycles. The number of aromatic nitrogens is 2. The van der Waals surface area contributed by atoms with Crippen LogP contribution >= 0.6 is 11.6 Å². The second-order valence-electron chi connectivity index (χ2n) is 7.64. The molecule has 2 N–H and O–H groups in total. The van der Waals surface area contributed by atoms with E-state index in [-0.39, 0.29) is 24.3 Å². The van der Waals surface area contributed by atoms with Gasteiger partial charge in [-0.05, 0) is 54.6 Å². The number of nitrogens with zero attached hydrogens (tertiary/aromatic N) is 3. The quantitative estimate of drug-likeness (QED) is 0.461. The van der Waals surface area contributed by atoms with E-state index < -0.39 is 0 Å². The van der Waals surface area contributed by atoms with Crippen molar-refractivity contribution in [1.82, 2.24) is 9.78 Å². The van der Waals surface area contributed by atoms with Gasteiger partial charge in [-0.1, -0.05) is 29.8 Å². The van der Waals surface area contributed by atoms with Gasteiger partial charge < -0.3 is 10.6 Å². The second kappa shape index (κ2) is 8.84. The maximum atomic E-state index is 13.1. The van der Waals surface area contributed by atoms with Crippen LogP contribution in [0.5, 0.6) is 0 Å². The molecule has 168 valence electrons. The molecule has 1 aromatic heterocycles. The highest BCUT2D eigenvalue weighted by Gasteiger charge is 2.27. The topological polar surface area (TPSA) is 96.3 Å². The summed E-state index contributed by atoms with van der Waals surface area (Å²) in [5.74, 6) is -0.897. The van der Waals surface area contributed by atoms with Crippen molar-refractivity contribution >= 4 is 46.4 Å². The predicted molar refractivity (Wildman–Crippen MR) is 130 cm³/mol. The van der Waals surface area contributed by atoms with E-state index in [1.54, 1.807) is 71.5 Å². The molecule has 3 aromatic carbocycles. The third-order valence-corrected chi connectivity index (χ3v) is 5.56. The Hall–Kier alpha value is -4.43. The van der Waals surface area contributed by atoms with E-state index in [4.69, 9.17) is 11.6 Å². The molecule has 1 aliphatic rings. The number of anilines is 3. The van der Waals surface area contributed by atoms with Gasteiger partial charge in [-0.15, -0.1) is 0 Å². The molecular formula is C25H18ClN5O3. The van der Waals surface area contributed by atoms with Crippen molar-refractivity contribution in [2.45, 2.75) is 0 Å². The van der Waals surface area contributed by atoms with E-state index in [2.05, 4.69) is 15.7 Å². The van der Waals surface area contributed by atoms with Crippen LogP contribution in [-0.2, 0) is 4.79 Å². The lowest BCUT2D eigenvalue weighted by Gasteiger charge is -2.29. The van der Waals surface area contributed by atoms with Crippen LogP contribution in [0.25, 0.3) is 5.69 Å². The number of para-hydroxylation sites is 2. The largest absolute Gasteiger partial charge is 0.323 e. The lowest BCUT2D eigenvalue weighted by atomic mass is 10.1. The molecule has 8 nitrogen and oxygen atoms in total. The first-order chi connectivity index (χ1) is 16.5. The van der Waals surface area contributed by atoms with Crippen molar-refractivity contribution in [3.05, 3.63) is 101 Å². The average molecular weight is 472 g/mol. The van der Waals surface area contributed by atoms with Gasteiger partial charge in [0.1, 0.15) is 6.54 Å². The highest BCUT2D eigenvalue weighted by molar-refractivity contribution is 6.30. The number of hydrogen-bond donors (Lipinski definition) is 2. The fourth-order valence-corrected chi connectivity index (χ4v) is 3.85. The van der Waals surface area contributed by atoms with Crippen molar-refractivity contribution in [3.8, 4) is 5.69 Å². The number of halogens is 1. The highest BCUT2D eigenvalue weighted by atomic mass is 35.5. The van der Waals surface area contributed by atoms with E-state index in [0.29, 0.717) is 33.2 Å². The summed E-state index contributed by atoms with van der Waals surface area (Å²) in [6.07, 6.45) is 3.07. The molecule has 0 spiro atoms. The third-order valence-electron chi connectivity index (χ3n) is 5.32. The molecule has 9 heteroatoms. The Balaban J connectivity index is 1.29. The fraction of sp³-hybridized carbons (Fsp3) is 0.0400. The molecule has 1 aliphatic heterocycles. The monoisotopic (exact) mass is 471 g/mol. The summed E-state index contributed by atoms with van der Waals surface area (Å²) in [5, 5.41) is 10.3. The SMILES string of the molecule is O=C1CN(C(=O)c2ccc(NC(=O)c3cnn(-c4cccc(Cl)c4)c3)cc2)c2ccccc2N1. The maximum absolute atomic E-state index is 13.1. The smallest absolute Gasteiger partial charge is 0.258 e. The van der Waals surface area contributed by atoms with Gasteiger partial charge in [-0.3, -0.25) is 19.3 Å². The predicted octanol–water partition coefficient (Wildman–Crippen LogP) is 4.38. The molecule has 0 unspecified atom stereocenters. The van der Waals surface area contributed by atoms with Gasteiger partial charge in [0.2, 0.25) is 5.91 Å². The number of fused-ring (bicyclic) bond motifs is 1. The molecule has 0 atom stereocenters. The van der Waals surface area contributed by atoms with Gasteiger partial charge in [-0.25, -0.2) is 4.68 Å². The summed E-state index contributed by atoms with van der Waals surface area (Å²) in [6, 6.07) is 20.8. The Morgan fingerprint density at radius 2 is 1.76 bits per heavy atom. The molecule has 5 rings (SSSR count). The molecule has 0 fully saturated rings. The number of amides is 3. The molecule has 0 saturated heterocycles. The number of carbonyl (C=O) groups excluding carboxylic acids is 3. The maximum Gasteiger partial charge on any atom is 0.258 e. The average Bonchev–Trinajstić information content (AvgIpc) is 3.34. The van der Waals surface area contributed by atoms with Gasteiger partial charge in [0.25, 0.3) is 11.8 Å². The first-order valence-electron chi connectivity index (χ1n) is 10.4. The lowest BCUT2D eigenvalue weighted by Crippen LogP contribution is -2.42. The van der Waals surface area contributed by atoms with Crippen LogP contribution < -0.4 is 15.5 Å². The molecule has 4 aromatic rings. The first-order valence-corrected chi connectivity index (χ1v) is 10.8. The van der Waals surface area contributed by atoms with Gasteiger partial charge in [-0.2, -0.15) is 5.10 Å². The second-order valence-corrected chi connectivity index (χ2v) is 8.08. The number of hydrogen-bond acceptors (Lipinski definition) is 4. The minimum Gasteiger partial charge on any atom is -0.323 e. The van der Waals surface area contributed by atoms with E-state index in [1.165, 1.54) is 11.1 Å². The molecule has 34 heavy (non-hydrogen) atoms. The van der Waals surface area contributed by atoms with Crippen LogP contribution in [0.4, 0.5) is 17.1 Å². The zero-order valence-corrected chi connectivity index (χ0v) is 18.5. The van der Waals surface area contributed by atoms with Crippen molar-refractivity contribution in [1.29, 1.82) is 0 Å². The normalized spacial score (nSPS) is 12.6. The Labute approximate surface area is 199 Å². The summed E-state index contributed by atoms with van der Waals surface area (Å²) >= 11 is 6.02. The standard InChI is InChI=1S/C25H18ClN5O3/c26-18-4-3-5-20(12-18)31-14-17(13-27-31)24(33)28-19-10-8-16(9-11-19)25(34)30-15-23(32)29-21-6-1-2-7-22(21)30/h1-14H,15H2,(H,28,33)(H,29,32). The summed E-state index contributed by atoms with van der Waals surface area (Å²) in [4.78, 5) is 39.2. The van der Waals surface area contributed by atoms with Gasteiger partial charge in [0, 0.05) is 22.5 Å². The summed E-state index contributed by atoms with van der Waals surface area (Å²) in [7, 11) is 0. The van der Waals surface area contributed by atoms with Crippen LogP contribution in [0, 0.1) is 0 Å². The molecule has 0 saturated carbocycles. The third kappa shape index (κ3) is 4.26. The minimum atomic E-state index is -0.339. The van der Waals surface area contributed by atoms with Crippen LogP contribution in [0.1, 0.15) is 20.7 Å². The van der Waals surface area contributed by atoms with E-state index in [1.807, 2.05) is 12.1 Å². The van der Waals surface area contributed by atoms with Crippen LogP contribution in [0.2, 0.25) is 5.02 Å². The van der Waals surface area contributed by atoms with Crippen molar-refractivity contribution < 1.29 is 14.4 Å². The molecule has 3 amide bonds. The van der Waals surface area contributed by atoms with Crippen molar-refractivity contribution in [2.75, 3.05) is 22.1 Å². The fourth-order valence-electron chi connectivity index (χ4n) is 3.67. The van der Waals surface area contributed by atoms with Gasteiger partial charge in [0.05, 0.1) is 28.8 Å². The minimum absolute atomic E-state index is 0.0645. The van der Waals surface area contributed by atoms with Gasteiger partial charge in [0.15, 0.2) is 0 Å². The zero-order chi connectivity index (χ0) is 23.7. The van der Waals surface area contributed by atoms with Crippen molar-refractivity contribution in [3.63, 3.8) is 0 Å². The Morgan fingerprint density at radius 3 is 2.56 bits per heavy atom. The Kier molecular flexibility index (Phi) is 5.57. The number of rotatable bonds is 4. The summed E-state index contributed by atoms with van der Waals surface area (Å²) < 4.78 is 1.56. The lowest BCUT2D eigenvalue weighted by molar-refractivity contribution is -0.115. The summed E-state index contributed by atoms with van der Waals surface area (Å²) in [6.45, 7) is -0.0645. The molecule has 0 bridgehead atoms. The zero-order valence-electron chi connectivity index (χ0n) is 17.7. The molecule has 0 radical (unpaired) electrons. The first kappa shape index (κ1) is 21.4. The van der Waals surface area contributed by atoms with E-state index in [9.17, 15) is 14.4 Å². The number of nitrogens with one attached hydrogen (secondary N) is 2. The van der Waals surface area contributed by atoms with Gasteiger partial charge >= 0.3 is 0 Å². The number of benzene rings is 3. The van der Waals surface area contributed by atoms with E-state index in [0.717, 1.165) is 5.69 Å². The highest BCUT2D eigenvalue weighted by Crippen LogP contribution is 2.30. The van der Waals surface area contributed by atoms with Crippen molar-refractivity contribution in [2.24, 2.45) is 0 Å². The molecule has 0 aliphatic carbocycles. The van der Waals surface area contributed by atoms with Crippen LogP contribution in [-0.4, -0.2) is 34.0 Å². The Morgan fingerprint density at radius 1 is 0.971 bits per heavy atom. The van der Waals surface area contributed by atoms with Crippen LogP contribution in [0.3, 0.4) is 0 Å². The van der Waals surface area contributed by atoms with E-state index >= 15 is 0 Å².